The number of hydrogen-bond donors (Lipinski definition) is 0. The lowest BCUT2D eigenvalue weighted by Gasteiger charge is -2.17. The maximum absolute atomic E-state index is 12.8. The van der Waals surface area contributed by atoms with E-state index in [1.165, 1.54) is 21.0 Å². The van der Waals surface area contributed by atoms with Crippen LogP contribution in [0.4, 0.5) is 0 Å². The third kappa shape index (κ3) is 4.32. The molecule has 1 saturated heterocycles. The fraction of sp³-hybridized carbons (Fsp3) is 0.429. The predicted molar refractivity (Wildman–Crippen MR) is 119 cm³/mol. The van der Waals surface area contributed by atoms with E-state index in [0.717, 1.165) is 23.3 Å². The second kappa shape index (κ2) is 8.60. The summed E-state index contributed by atoms with van der Waals surface area (Å²) in [4.78, 5) is 27.8. The summed E-state index contributed by atoms with van der Waals surface area (Å²) in [5.41, 5.74) is 1.84. The fourth-order valence-electron chi connectivity index (χ4n) is 3.76. The summed E-state index contributed by atoms with van der Waals surface area (Å²) in [6, 6.07) is 6.49. The Hall–Kier alpha value is -2.43. The van der Waals surface area contributed by atoms with Gasteiger partial charge in [0.2, 0.25) is 15.9 Å². The molecule has 8 nitrogen and oxygen atoms in total. The minimum Gasteiger partial charge on any atom is -0.408 e. The van der Waals surface area contributed by atoms with Gasteiger partial charge in [0.05, 0.1) is 17.0 Å². The molecule has 166 valence electrons. The van der Waals surface area contributed by atoms with Gasteiger partial charge in [-0.2, -0.15) is 4.31 Å². The number of oxazole rings is 1. The van der Waals surface area contributed by atoms with Crippen molar-refractivity contribution in [3.05, 3.63) is 50.6 Å². The van der Waals surface area contributed by atoms with E-state index < -0.39 is 15.8 Å². The molecule has 1 aliphatic heterocycles. The van der Waals surface area contributed by atoms with Crippen molar-refractivity contribution >= 4 is 38.4 Å². The average Bonchev–Trinajstić information content (AvgIpc) is 3.47. The monoisotopic (exact) mass is 463 g/mol. The second-order valence-corrected chi connectivity index (χ2v) is 10.7. The topological polar surface area (TPSA) is 92.8 Å². The van der Waals surface area contributed by atoms with E-state index in [1.54, 1.807) is 29.4 Å². The molecule has 10 heteroatoms. The molecule has 0 aliphatic carbocycles. The van der Waals surface area contributed by atoms with Gasteiger partial charge < -0.3 is 9.32 Å². The van der Waals surface area contributed by atoms with Crippen molar-refractivity contribution in [1.82, 2.24) is 13.8 Å². The first-order valence-corrected chi connectivity index (χ1v) is 12.5. The molecule has 1 aromatic carbocycles. The maximum Gasteiger partial charge on any atom is 0.419 e. The van der Waals surface area contributed by atoms with Gasteiger partial charge in [0.15, 0.2) is 5.58 Å². The van der Waals surface area contributed by atoms with Gasteiger partial charge in [0, 0.05) is 44.0 Å². The van der Waals surface area contributed by atoms with Gasteiger partial charge in [-0.3, -0.25) is 9.36 Å². The zero-order valence-electron chi connectivity index (χ0n) is 17.5. The van der Waals surface area contributed by atoms with Crippen LogP contribution in [0.3, 0.4) is 0 Å². The molecule has 3 aromatic rings. The van der Waals surface area contributed by atoms with Crippen LogP contribution in [-0.2, 0) is 27.9 Å². The Balaban J connectivity index is 1.49. The number of amides is 1. The van der Waals surface area contributed by atoms with Crippen LogP contribution in [0.1, 0.15) is 29.7 Å². The van der Waals surface area contributed by atoms with Crippen molar-refractivity contribution < 1.29 is 17.6 Å². The van der Waals surface area contributed by atoms with Gasteiger partial charge >= 0.3 is 5.76 Å². The Morgan fingerprint density at radius 1 is 1.23 bits per heavy atom. The molecule has 31 heavy (non-hydrogen) atoms. The maximum atomic E-state index is 12.8. The van der Waals surface area contributed by atoms with E-state index in [1.807, 2.05) is 18.4 Å². The SMILES string of the molecule is Cc1ccsc1CN(C)C(=O)CCn1c(=O)oc2cc(S(=O)(=O)N3CCCC3)ccc21. The van der Waals surface area contributed by atoms with Crippen LogP contribution in [0, 0.1) is 6.92 Å². The van der Waals surface area contributed by atoms with Crippen LogP contribution in [0.15, 0.2) is 43.8 Å². The minimum absolute atomic E-state index is 0.0812. The van der Waals surface area contributed by atoms with E-state index >= 15 is 0 Å². The summed E-state index contributed by atoms with van der Waals surface area (Å²) >= 11 is 1.61. The molecule has 0 spiro atoms. The Morgan fingerprint density at radius 3 is 2.65 bits per heavy atom. The minimum atomic E-state index is -3.60. The van der Waals surface area contributed by atoms with E-state index in [9.17, 15) is 18.0 Å². The highest BCUT2D eigenvalue weighted by Gasteiger charge is 2.28. The average molecular weight is 464 g/mol. The van der Waals surface area contributed by atoms with Crippen molar-refractivity contribution in [2.24, 2.45) is 0 Å². The Kier molecular flexibility index (Phi) is 6.05. The van der Waals surface area contributed by atoms with Crippen LogP contribution in [0.5, 0.6) is 0 Å². The predicted octanol–water partition coefficient (Wildman–Crippen LogP) is 2.80. The molecule has 2 aromatic heterocycles. The summed E-state index contributed by atoms with van der Waals surface area (Å²) in [7, 11) is -1.85. The van der Waals surface area contributed by atoms with Gasteiger partial charge in [-0.05, 0) is 48.9 Å². The van der Waals surface area contributed by atoms with Crippen LogP contribution < -0.4 is 5.76 Å². The number of sulfonamides is 1. The van der Waals surface area contributed by atoms with Crippen LogP contribution >= 0.6 is 11.3 Å². The smallest absolute Gasteiger partial charge is 0.408 e. The highest BCUT2D eigenvalue weighted by molar-refractivity contribution is 7.89. The number of carbonyl (C=O) groups is 1. The van der Waals surface area contributed by atoms with Crippen LogP contribution in [-0.4, -0.2) is 48.2 Å². The second-order valence-electron chi connectivity index (χ2n) is 7.79. The van der Waals surface area contributed by atoms with Gasteiger partial charge in [0.25, 0.3) is 0 Å². The number of nitrogens with zero attached hydrogens (tertiary/aromatic N) is 3. The molecule has 0 N–H and O–H groups in total. The number of thiophene rings is 1. The highest BCUT2D eigenvalue weighted by atomic mass is 32.2. The molecular formula is C21H25N3O5S2. The van der Waals surface area contributed by atoms with Crippen molar-refractivity contribution in [1.29, 1.82) is 0 Å². The lowest BCUT2D eigenvalue weighted by molar-refractivity contribution is -0.130. The van der Waals surface area contributed by atoms with E-state index in [2.05, 4.69) is 0 Å². The van der Waals surface area contributed by atoms with Crippen molar-refractivity contribution in [3.63, 3.8) is 0 Å². The Bertz CT molecular complexity index is 1270. The summed E-state index contributed by atoms with van der Waals surface area (Å²) in [5.74, 6) is -0.683. The lowest BCUT2D eigenvalue weighted by atomic mass is 10.2. The molecule has 0 unspecified atom stereocenters. The van der Waals surface area contributed by atoms with Gasteiger partial charge in [-0.1, -0.05) is 0 Å². The first-order valence-electron chi connectivity index (χ1n) is 10.2. The molecule has 1 fully saturated rings. The molecule has 0 radical (unpaired) electrons. The first kappa shape index (κ1) is 21.8. The zero-order chi connectivity index (χ0) is 22.2. The van der Waals surface area contributed by atoms with E-state index in [-0.39, 0.29) is 29.4 Å². The summed E-state index contributed by atoms with van der Waals surface area (Å²) in [6.07, 6.45) is 1.84. The fourth-order valence-corrected chi connectivity index (χ4v) is 6.26. The number of carbonyl (C=O) groups excluding carboxylic acids is 1. The molecule has 3 heterocycles. The quantitative estimate of drug-likeness (QED) is 0.537. The van der Waals surface area contributed by atoms with Gasteiger partial charge in [-0.15, -0.1) is 11.3 Å². The molecule has 1 amide bonds. The van der Waals surface area contributed by atoms with E-state index in [0.29, 0.717) is 25.2 Å². The molecule has 0 atom stereocenters. The normalized spacial score (nSPS) is 15.0. The number of aryl methyl sites for hydroxylation is 2. The molecule has 1 aliphatic rings. The molecular weight excluding hydrogens is 438 g/mol. The Labute approximate surface area is 184 Å². The van der Waals surface area contributed by atoms with Crippen molar-refractivity contribution in [3.8, 4) is 0 Å². The highest BCUT2D eigenvalue weighted by Crippen LogP contribution is 2.24. The van der Waals surface area contributed by atoms with Crippen LogP contribution in [0.25, 0.3) is 11.1 Å². The van der Waals surface area contributed by atoms with E-state index in [4.69, 9.17) is 4.42 Å². The molecule has 0 bridgehead atoms. The largest absolute Gasteiger partial charge is 0.419 e. The summed E-state index contributed by atoms with van der Waals surface area (Å²) in [5, 5.41) is 2.00. The van der Waals surface area contributed by atoms with Crippen molar-refractivity contribution in [2.45, 2.75) is 44.2 Å². The standard InChI is InChI=1S/C21H25N3O5S2/c1-15-8-12-30-19(15)14-22(2)20(25)7-11-24-17-6-5-16(13-18(17)29-21(24)26)31(27,28)23-9-3-4-10-23/h5-6,8,12-13H,3-4,7,9-11,14H2,1-2H3. The number of aromatic nitrogens is 1. The Morgan fingerprint density at radius 2 is 1.97 bits per heavy atom. The van der Waals surface area contributed by atoms with Gasteiger partial charge in [0.1, 0.15) is 0 Å². The summed E-state index contributed by atoms with van der Waals surface area (Å²) < 4.78 is 33.7. The zero-order valence-corrected chi connectivity index (χ0v) is 19.2. The summed E-state index contributed by atoms with van der Waals surface area (Å²) in [6.45, 7) is 3.72. The number of hydrogen-bond acceptors (Lipinski definition) is 6. The third-order valence-electron chi connectivity index (χ3n) is 5.67. The van der Waals surface area contributed by atoms with Gasteiger partial charge in [-0.25, -0.2) is 13.2 Å². The molecule has 4 rings (SSSR count). The molecule has 0 saturated carbocycles. The third-order valence-corrected chi connectivity index (χ3v) is 8.57. The van der Waals surface area contributed by atoms with Crippen molar-refractivity contribution in [2.75, 3.05) is 20.1 Å². The number of fused-ring (bicyclic) bond motifs is 1. The lowest BCUT2D eigenvalue weighted by Crippen LogP contribution is -2.28. The number of rotatable bonds is 7. The number of benzene rings is 1. The van der Waals surface area contributed by atoms with Crippen LogP contribution in [0.2, 0.25) is 0 Å². The first-order chi connectivity index (χ1) is 14.8.